The molecule has 21 heavy (non-hydrogen) atoms. The van der Waals surface area contributed by atoms with Crippen LogP contribution in [-0.4, -0.2) is 41.4 Å². The Bertz CT molecular complexity index is 518. The molecule has 4 heteroatoms. The van der Waals surface area contributed by atoms with Gasteiger partial charge >= 0.3 is 0 Å². The van der Waals surface area contributed by atoms with E-state index in [4.69, 9.17) is 0 Å². The quantitative estimate of drug-likeness (QED) is 0.869. The number of piperidine rings is 1. The zero-order chi connectivity index (χ0) is 14.7. The second-order valence-corrected chi connectivity index (χ2v) is 7.15. The normalized spacial score (nSPS) is 21.4. The van der Waals surface area contributed by atoms with Gasteiger partial charge < -0.3 is 10.0 Å². The van der Waals surface area contributed by atoms with Crippen LogP contribution in [0.15, 0.2) is 23.1 Å². The first-order valence-electron chi connectivity index (χ1n) is 7.89. The highest BCUT2D eigenvalue weighted by molar-refractivity contribution is 8.00. The third-order valence-electron chi connectivity index (χ3n) is 4.56. The predicted octanol–water partition coefficient (Wildman–Crippen LogP) is 2.50. The monoisotopic (exact) mass is 305 g/mol. The van der Waals surface area contributed by atoms with Crippen molar-refractivity contribution in [3.8, 4) is 0 Å². The summed E-state index contributed by atoms with van der Waals surface area (Å²) >= 11 is 1.64. The van der Waals surface area contributed by atoms with Gasteiger partial charge in [0.25, 0.3) is 0 Å². The first-order valence-corrected chi connectivity index (χ1v) is 8.88. The molecule has 1 heterocycles. The summed E-state index contributed by atoms with van der Waals surface area (Å²) in [6.45, 7) is 1.77. The minimum absolute atomic E-state index is 0.196. The Balaban J connectivity index is 1.53. The van der Waals surface area contributed by atoms with Gasteiger partial charge in [0.05, 0.1) is 5.75 Å². The molecule has 1 aliphatic heterocycles. The molecule has 0 aromatic heterocycles. The van der Waals surface area contributed by atoms with Gasteiger partial charge in [-0.25, -0.2) is 0 Å². The van der Waals surface area contributed by atoms with Gasteiger partial charge in [-0.2, -0.15) is 0 Å². The topological polar surface area (TPSA) is 40.5 Å². The van der Waals surface area contributed by atoms with Crippen molar-refractivity contribution in [3.05, 3.63) is 29.3 Å². The number of carbonyl (C=O) groups is 1. The Labute approximate surface area is 130 Å². The van der Waals surface area contributed by atoms with E-state index in [9.17, 15) is 9.90 Å². The van der Waals surface area contributed by atoms with E-state index in [0.717, 1.165) is 25.9 Å². The second kappa shape index (κ2) is 6.84. The zero-order valence-corrected chi connectivity index (χ0v) is 13.2. The van der Waals surface area contributed by atoms with E-state index in [1.54, 1.807) is 11.8 Å². The predicted molar refractivity (Wildman–Crippen MR) is 85.6 cm³/mol. The van der Waals surface area contributed by atoms with E-state index in [1.165, 1.54) is 35.3 Å². The van der Waals surface area contributed by atoms with Crippen LogP contribution in [0, 0.1) is 5.92 Å². The van der Waals surface area contributed by atoms with Crippen molar-refractivity contribution in [3.63, 3.8) is 0 Å². The average Bonchev–Trinajstić information content (AvgIpc) is 3.00. The van der Waals surface area contributed by atoms with Crippen LogP contribution in [0.25, 0.3) is 0 Å². The first kappa shape index (κ1) is 14.9. The molecule has 0 spiro atoms. The summed E-state index contributed by atoms with van der Waals surface area (Å²) in [5.41, 5.74) is 2.94. The lowest BCUT2D eigenvalue weighted by atomic mass is 9.99. The van der Waals surface area contributed by atoms with Crippen LogP contribution in [0.2, 0.25) is 0 Å². The molecule has 0 saturated carbocycles. The number of hydrogen-bond donors (Lipinski definition) is 1. The number of benzene rings is 1. The average molecular weight is 305 g/mol. The molecule has 1 aromatic rings. The first-order chi connectivity index (χ1) is 10.3. The lowest BCUT2D eigenvalue weighted by Crippen LogP contribution is -2.41. The molecule has 114 valence electrons. The number of aliphatic hydroxyl groups is 1. The minimum atomic E-state index is 0.196. The molecule has 1 aliphatic carbocycles. The van der Waals surface area contributed by atoms with Crippen molar-refractivity contribution in [2.75, 3.05) is 25.4 Å². The largest absolute Gasteiger partial charge is 0.396 e. The Morgan fingerprint density at radius 1 is 1.29 bits per heavy atom. The van der Waals surface area contributed by atoms with Gasteiger partial charge in [0.15, 0.2) is 0 Å². The van der Waals surface area contributed by atoms with Crippen LogP contribution in [-0.2, 0) is 17.6 Å². The lowest BCUT2D eigenvalue weighted by Gasteiger charge is -2.31. The minimum Gasteiger partial charge on any atom is -0.396 e. The highest BCUT2D eigenvalue weighted by Crippen LogP contribution is 2.28. The molecule has 0 radical (unpaired) electrons. The molecule has 1 unspecified atom stereocenters. The van der Waals surface area contributed by atoms with Crippen LogP contribution in [0.5, 0.6) is 0 Å². The number of amides is 1. The van der Waals surface area contributed by atoms with Crippen molar-refractivity contribution in [2.24, 2.45) is 5.92 Å². The Hall–Kier alpha value is -1.00. The highest BCUT2D eigenvalue weighted by Gasteiger charge is 2.23. The van der Waals surface area contributed by atoms with Gasteiger partial charge in [0, 0.05) is 24.6 Å². The molecule has 2 aliphatic rings. The molecule has 1 fully saturated rings. The van der Waals surface area contributed by atoms with Gasteiger partial charge in [-0.3, -0.25) is 4.79 Å². The maximum Gasteiger partial charge on any atom is 0.232 e. The standard InChI is InChI=1S/C17H23NO2S/c19-11-13-3-2-8-18(10-13)17(20)12-21-16-7-6-14-4-1-5-15(14)9-16/h6-7,9,13,19H,1-5,8,10-12H2. The van der Waals surface area contributed by atoms with E-state index < -0.39 is 0 Å². The molecule has 1 aromatic carbocycles. The molecule has 1 amide bonds. The number of aliphatic hydroxyl groups excluding tert-OH is 1. The fourth-order valence-corrected chi connectivity index (χ4v) is 4.18. The van der Waals surface area contributed by atoms with Crippen LogP contribution in [0.4, 0.5) is 0 Å². The number of hydrogen-bond acceptors (Lipinski definition) is 3. The number of aryl methyl sites for hydroxylation is 2. The summed E-state index contributed by atoms with van der Waals surface area (Å²) in [6, 6.07) is 6.62. The summed E-state index contributed by atoms with van der Waals surface area (Å²) in [6.07, 6.45) is 5.70. The van der Waals surface area contributed by atoms with Crippen LogP contribution in [0.3, 0.4) is 0 Å². The number of carbonyl (C=O) groups excluding carboxylic acids is 1. The molecule has 1 N–H and O–H groups in total. The fourth-order valence-electron chi connectivity index (χ4n) is 3.31. The zero-order valence-electron chi connectivity index (χ0n) is 12.4. The lowest BCUT2D eigenvalue weighted by molar-refractivity contribution is -0.130. The van der Waals surface area contributed by atoms with Crippen molar-refractivity contribution >= 4 is 17.7 Å². The Kier molecular flexibility index (Phi) is 4.86. The molecular formula is C17H23NO2S. The summed E-state index contributed by atoms with van der Waals surface area (Å²) in [4.78, 5) is 15.4. The molecule has 1 atom stereocenters. The fraction of sp³-hybridized carbons (Fsp3) is 0.588. The van der Waals surface area contributed by atoms with Crippen LogP contribution in [0.1, 0.15) is 30.4 Å². The number of nitrogens with zero attached hydrogens (tertiary/aromatic N) is 1. The van der Waals surface area contributed by atoms with E-state index in [-0.39, 0.29) is 18.4 Å². The van der Waals surface area contributed by atoms with Gasteiger partial charge in [-0.1, -0.05) is 6.07 Å². The van der Waals surface area contributed by atoms with E-state index in [1.807, 2.05) is 4.90 Å². The van der Waals surface area contributed by atoms with E-state index in [2.05, 4.69) is 18.2 Å². The van der Waals surface area contributed by atoms with Crippen molar-refractivity contribution < 1.29 is 9.90 Å². The molecular weight excluding hydrogens is 282 g/mol. The summed E-state index contributed by atoms with van der Waals surface area (Å²) in [5.74, 6) is 0.989. The van der Waals surface area contributed by atoms with Gasteiger partial charge in [-0.15, -0.1) is 11.8 Å². The smallest absolute Gasteiger partial charge is 0.232 e. The third kappa shape index (κ3) is 3.61. The Morgan fingerprint density at radius 2 is 2.14 bits per heavy atom. The Morgan fingerprint density at radius 3 is 3.00 bits per heavy atom. The summed E-state index contributed by atoms with van der Waals surface area (Å²) in [7, 11) is 0. The maximum absolute atomic E-state index is 12.3. The second-order valence-electron chi connectivity index (χ2n) is 6.10. The van der Waals surface area contributed by atoms with Crippen molar-refractivity contribution in [1.82, 2.24) is 4.90 Å². The summed E-state index contributed by atoms with van der Waals surface area (Å²) < 4.78 is 0. The van der Waals surface area contributed by atoms with Crippen LogP contribution >= 0.6 is 11.8 Å². The van der Waals surface area contributed by atoms with Crippen molar-refractivity contribution in [1.29, 1.82) is 0 Å². The summed E-state index contributed by atoms with van der Waals surface area (Å²) in [5, 5.41) is 9.24. The van der Waals surface area contributed by atoms with Gasteiger partial charge in [0.2, 0.25) is 5.91 Å². The SMILES string of the molecule is O=C(CSc1ccc2c(c1)CCC2)N1CCCC(CO)C1. The third-order valence-corrected chi connectivity index (χ3v) is 5.54. The number of rotatable bonds is 4. The van der Waals surface area contributed by atoms with Crippen molar-refractivity contribution in [2.45, 2.75) is 37.0 Å². The van der Waals surface area contributed by atoms with Crippen LogP contribution < -0.4 is 0 Å². The highest BCUT2D eigenvalue weighted by atomic mass is 32.2. The number of thioether (sulfide) groups is 1. The molecule has 3 nitrogen and oxygen atoms in total. The molecule has 0 bridgehead atoms. The van der Waals surface area contributed by atoms with E-state index in [0.29, 0.717) is 5.75 Å². The number of likely N-dealkylation sites (tertiary alicyclic amines) is 1. The number of fused-ring (bicyclic) bond motifs is 1. The van der Waals surface area contributed by atoms with Gasteiger partial charge in [-0.05, 0) is 61.3 Å². The molecule has 1 saturated heterocycles. The van der Waals surface area contributed by atoms with E-state index >= 15 is 0 Å². The molecule has 3 rings (SSSR count). The maximum atomic E-state index is 12.3. The van der Waals surface area contributed by atoms with Gasteiger partial charge in [0.1, 0.15) is 0 Å².